The Morgan fingerprint density at radius 3 is 2.62 bits per heavy atom. The van der Waals surface area contributed by atoms with Crippen molar-refractivity contribution in [2.24, 2.45) is 0 Å². The number of fused-ring (bicyclic) bond motifs is 1. The van der Waals surface area contributed by atoms with Crippen molar-refractivity contribution >= 4 is 28.2 Å². The number of carbonyl (C=O) groups is 1. The Kier molecular flexibility index (Phi) is 5.69. The molecule has 5 heteroatoms. The standard InChI is InChI=1S/C21H21FN2O2/c1-2-3-13-26-18-12-7-15-5-4-6-20(19(15)14-18)24-21(25)23-17-10-8-16(22)9-11-17/h4-12,14H,2-3,13H2,1H3,(H2,23,24,25). The van der Waals surface area contributed by atoms with Crippen LogP contribution in [0.3, 0.4) is 0 Å². The smallest absolute Gasteiger partial charge is 0.323 e. The zero-order valence-corrected chi connectivity index (χ0v) is 14.6. The van der Waals surface area contributed by atoms with Crippen LogP contribution < -0.4 is 15.4 Å². The summed E-state index contributed by atoms with van der Waals surface area (Å²) in [7, 11) is 0. The molecule has 3 aromatic carbocycles. The van der Waals surface area contributed by atoms with Crippen LogP contribution in [0.2, 0.25) is 0 Å². The number of carbonyl (C=O) groups excluding carboxylic acids is 1. The Morgan fingerprint density at radius 2 is 1.85 bits per heavy atom. The molecule has 0 heterocycles. The van der Waals surface area contributed by atoms with Gasteiger partial charge in [0.1, 0.15) is 11.6 Å². The molecule has 3 aromatic rings. The number of urea groups is 1. The highest BCUT2D eigenvalue weighted by Crippen LogP contribution is 2.28. The molecule has 0 atom stereocenters. The van der Waals surface area contributed by atoms with Gasteiger partial charge < -0.3 is 15.4 Å². The topological polar surface area (TPSA) is 50.4 Å². The molecular formula is C21H21FN2O2. The molecule has 0 unspecified atom stereocenters. The second kappa shape index (κ2) is 8.34. The number of anilines is 2. The van der Waals surface area contributed by atoms with E-state index in [0.29, 0.717) is 18.0 Å². The number of hydrogen-bond donors (Lipinski definition) is 2. The molecular weight excluding hydrogens is 331 g/mol. The molecule has 2 N–H and O–H groups in total. The summed E-state index contributed by atoms with van der Waals surface area (Å²) in [4.78, 5) is 12.3. The first-order valence-corrected chi connectivity index (χ1v) is 8.65. The Balaban J connectivity index is 1.76. The lowest BCUT2D eigenvalue weighted by Gasteiger charge is -2.12. The highest BCUT2D eigenvalue weighted by molar-refractivity contribution is 6.06. The summed E-state index contributed by atoms with van der Waals surface area (Å²) in [6, 6.07) is 16.8. The number of amides is 2. The molecule has 26 heavy (non-hydrogen) atoms. The number of nitrogens with one attached hydrogen (secondary N) is 2. The molecule has 0 saturated heterocycles. The molecule has 0 aliphatic carbocycles. The van der Waals surface area contributed by atoms with Crippen molar-refractivity contribution in [1.29, 1.82) is 0 Å². The number of ether oxygens (including phenoxy) is 1. The summed E-state index contributed by atoms with van der Waals surface area (Å²) in [5, 5.41) is 7.44. The van der Waals surface area contributed by atoms with Gasteiger partial charge in [-0.1, -0.05) is 31.5 Å². The van der Waals surface area contributed by atoms with Crippen LogP contribution in [0.5, 0.6) is 5.75 Å². The largest absolute Gasteiger partial charge is 0.494 e. The fourth-order valence-corrected chi connectivity index (χ4v) is 2.60. The van der Waals surface area contributed by atoms with E-state index in [1.807, 2.05) is 36.4 Å². The summed E-state index contributed by atoms with van der Waals surface area (Å²) in [5.74, 6) is 0.430. The van der Waals surface area contributed by atoms with E-state index in [0.717, 1.165) is 29.4 Å². The van der Waals surface area contributed by atoms with Crippen LogP contribution in [-0.4, -0.2) is 12.6 Å². The number of benzene rings is 3. The molecule has 4 nitrogen and oxygen atoms in total. The predicted octanol–water partition coefficient (Wildman–Crippen LogP) is 5.80. The monoisotopic (exact) mass is 352 g/mol. The Hall–Kier alpha value is -3.08. The second-order valence-corrected chi connectivity index (χ2v) is 5.98. The van der Waals surface area contributed by atoms with Gasteiger partial charge in [-0.3, -0.25) is 0 Å². The molecule has 0 bridgehead atoms. The molecule has 0 spiro atoms. The summed E-state index contributed by atoms with van der Waals surface area (Å²) in [5.41, 5.74) is 1.20. The van der Waals surface area contributed by atoms with Crippen molar-refractivity contribution in [3.8, 4) is 5.75 Å². The van der Waals surface area contributed by atoms with Crippen molar-refractivity contribution in [2.45, 2.75) is 19.8 Å². The maximum absolute atomic E-state index is 13.0. The zero-order chi connectivity index (χ0) is 18.4. The predicted molar refractivity (Wildman–Crippen MR) is 103 cm³/mol. The highest BCUT2D eigenvalue weighted by Gasteiger charge is 2.07. The third-order valence-electron chi connectivity index (χ3n) is 3.97. The highest BCUT2D eigenvalue weighted by atomic mass is 19.1. The fourth-order valence-electron chi connectivity index (χ4n) is 2.60. The minimum absolute atomic E-state index is 0.347. The van der Waals surface area contributed by atoms with E-state index in [9.17, 15) is 9.18 Å². The number of halogens is 1. The minimum atomic E-state index is -0.388. The van der Waals surface area contributed by atoms with Gasteiger partial charge in [0.15, 0.2) is 0 Å². The van der Waals surface area contributed by atoms with E-state index in [1.54, 1.807) is 0 Å². The van der Waals surface area contributed by atoms with Crippen LogP contribution >= 0.6 is 0 Å². The van der Waals surface area contributed by atoms with Crippen LogP contribution in [0.15, 0.2) is 60.7 Å². The van der Waals surface area contributed by atoms with Crippen LogP contribution in [0.4, 0.5) is 20.6 Å². The van der Waals surface area contributed by atoms with Gasteiger partial charge in [-0.15, -0.1) is 0 Å². The van der Waals surface area contributed by atoms with Gasteiger partial charge in [0.05, 0.1) is 12.3 Å². The van der Waals surface area contributed by atoms with Gasteiger partial charge in [0.25, 0.3) is 0 Å². The summed E-state index contributed by atoms with van der Waals surface area (Å²) in [6.07, 6.45) is 2.07. The first kappa shape index (κ1) is 17.7. The first-order valence-electron chi connectivity index (χ1n) is 8.65. The number of rotatable bonds is 6. The van der Waals surface area contributed by atoms with Gasteiger partial charge in [-0.05, 0) is 54.3 Å². The molecule has 3 rings (SSSR count). The van der Waals surface area contributed by atoms with Crippen molar-refractivity contribution in [3.63, 3.8) is 0 Å². The lowest BCUT2D eigenvalue weighted by Crippen LogP contribution is -2.19. The van der Waals surface area contributed by atoms with E-state index in [2.05, 4.69) is 17.6 Å². The molecule has 0 aliphatic rings. The van der Waals surface area contributed by atoms with Crippen molar-refractivity contribution in [2.75, 3.05) is 17.2 Å². The van der Waals surface area contributed by atoms with E-state index in [-0.39, 0.29) is 11.8 Å². The number of hydrogen-bond acceptors (Lipinski definition) is 2. The van der Waals surface area contributed by atoms with Gasteiger partial charge >= 0.3 is 6.03 Å². The molecule has 0 radical (unpaired) electrons. The van der Waals surface area contributed by atoms with Gasteiger partial charge in [-0.2, -0.15) is 0 Å². The van der Waals surface area contributed by atoms with E-state index >= 15 is 0 Å². The Bertz CT molecular complexity index is 894. The lowest BCUT2D eigenvalue weighted by atomic mass is 10.1. The third-order valence-corrected chi connectivity index (χ3v) is 3.97. The molecule has 134 valence electrons. The van der Waals surface area contributed by atoms with Crippen molar-refractivity contribution in [3.05, 3.63) is 66.5 Å². The van der Waals surface area contributed by atoms with E-state index in [1.165, 1.54) is 24.3 Å². The zero-order valence-electron chi connectivity index (χ0n) is 14.6. The molecule has 0 aromatic heterocycles. The summed E-state index contributed by atoms with van der Waals surface area (Å²) >= 11 is 0. The molecule has 0 aliphatic heterocycles. The average molecular weight is 352 g/mol. The average Bonchev–Trinajstić information content (AvgIpc) is 2.64. The SMILES string of the molecule is CCCCOc1ccc2cccc(NC(=O)Nc3ccc(F)cc3)c2c1. The second-order valence-electron chi connectivity index (χ2n) is 5.98. The quantitative estimate of drug-likeness (QED) is 0.551. The molecule has 0 saturated carbocycles. The first-order chi connectivity index (χ1) is 12.7. The summed E-state index contributed by atoms with van der Waals surface area (Å²) < 4.78 is 18.7. The van der Waals surface area contributed by atoms with E-state index in [4.69, 9.17) is 4.74 Å². The van der Waals surface area contributed by atoms with E-state index < -0.39 is 0 Å². The Labute approximate surface area is 152 Å². The van der Waals surface area contributed by atoms with Crippen LogP contribution in [-0.2, 0) is 0 Å². The normalized spacial score (nSPS) is 10.5. The lowest BCUT2D eigenvalue weighted by molar-refractivity contribution is 0.262. The third kappa shape index (κ3) is 4.51. The summed E-state index contributed by atoms with van der Waals surface area (Å²) in [6.45, 7) is 2.79. The van der Waals surface area contributed by atoms with Gasteiger partial charge in [0.2, 0.25) is 0 Å². The Morgan fingerprint density at radius 1 is 1.04 bits per heavy atom. The van der Waals surface area contributed by atoms with Crippen LogP contribution in [0.1, 0.15) is 19.8 Å². The van der Waals surface area contributed by atoms with Crippen LogP contribution in [0.25, 0.3) is 10.8 Å². The van der Waals surface area contributed by atoms with Crippen molar-refractivity contribution < 1.29 is 13.9 Å². The minimum Gasteiger partial charge on any atom is -0.494 e. The van der Waals surface area contributed by atoms with Crippen LogP contribution in [0, 0.1) is 5.82 Å². The van der Waals surface area contributed by atoms with Crippen molar-refractivity contribution in [1.82, 2.24) is 0 Å². The van der Waals surface area contributed by atoms with Gasteiger partial charge in [0, 0.05) is 11.1 Å². The molecule has 2 amide bonds. The maximum atomic E-state index is 13.0. The molecule has 0 fully saturated rings. The fraction of sp³-hybridized carbons (Fsp3) is 0.190. The van der Waals surface area contributed by atoms with Gasteiger partial charge in [-0.25, -0.2) is 9.18 Å². The maximum Gasteiger partial charge on any atom is 0.323 e. The number of unbranched alkanes of at least 4 members (excludes halogenated alkanes) is 1.